The van der Waals surface area contributed by atoms with Crippen LogP contribution >= 0.6 is 23.2 Å². The molecule has 6 nitrogen and oxygen atoms in total. The van der Waals surface area contributed by atoms with Crippen molar-refractivity contribution in [3.63, 3.8) is 0 Å². The second kappa shape index (κ2) is 7.23. The first-order valence-electron chi connectivity index (χ1n) is 7.59. The average Bonchev–Trinajstić information content (AvgIpc) is 3.10. The second-order valence-corrected chi connectivity index (χ2v) is 6.49. The molecule has 0 aliphatic carbocycles. The molecule has 126 valence electrons. The number of hydrogen-bond donors (Lipinski definition) is 2. The van der Waals surface area contributed by atoms with Crippen molar-refractivity contribution in [1.82, 2.24) is 15.1 Å². The molecule has 0 bridgehead atoms. The van der Waals surface area contributed by atoms with Crippen LogP contribution < -0.4 is 5.32 Å². The van der Waals surface area contributed by atoms with Crippen LogP contribution in [0.25, 0.3) is 0 Å². The monoisotopic (exact) mass is 366 g/mol. The lowest BCUT2D eigenvalue weighted by Crippen LogP contribution is -2.43. The molecule has 1 aromatic carbocycles. The molecule has 1 aliphatic heterocycles. The number of halogens is 2. The van der Waals surface area contributed by atoms with Crippen molar-refractivity contribution >= 4 is 40.8 Å². The van der Waals surface area contributed by atoms with Gasteiger partial charge in [0.2, 0.25) is 5.91 Å². The van der Waals surface area contributed by atoms with Crippen molar-refractivity contribution in [2.45, 2.75) is 12.8 Å². The van der Waals surface area contributed by atoms with Crippen molar-refractivity contribution in [3.8, 4) is 0 Å². The molecule has 0 saturated carbocycles. The van der Waals surface area contributed by atoms with E-state index in [4.69, 9.17) is 23.2 Å². The van der Waals surface area contributed by atoms with Gasteiger partial charge in [0.15, 0.2) is 0 Å². The molecule has 0 spiro atoms. The predicted molar refractivity (Wildman–Crippen MR) is 92.3 cm³/mol. The fraction of sp³-hybridized carbons (Fsp3) is 0.312. The van der Waals surface area contributed by atoms with Gasteiger partial charge >= 0.3 is 0 Å². The zero-order valence-corrected chi connectivity index (χ0v) is 14.3. The number of carbonyl (C=O) groups excluding carboxylic acids is 2. The number of benzene rings is 1. The Morgan fingerprint density at radius 3 is 2.79 bits per heavy atom. The van der Waals surface area contributed by atoms with E-state index >= 15 is 0 Å². The maximum atomic E-state index is 12.6. The minimum absolute atomic E-state index is 0.120. The number of nitrogens with one attached hydrogen (secondary N) is 2. The van der Waals surface area contributed by atoms with Crippen LogP contribution in [-0.4, -0.2) is 40.0 Å². The van der Waals surface area contributed by atoms with Crippen LogP contribution in [0.3, 0.4) is 0 Å². The summed E-state index contributed by atoms with van der Waals surface area (Å²) in [5.74, 6) is 0.0280. The maximum Gasteiger partial charge on any atom is 0.253 e. The molecule has 1 unspecified atom stereocenters. The highest BCUT2D eigenvalue weighted by Gasteiger charge is 2.29. The van der Waals surface area contributed by atoms with E-state index < -0.39 is 0 Å². The highest BCUT2D eigenvalue weighted by atomic mass is 35.5. The van der Waals surface area contributed by atoms with E-state index in [-0.39, 0.29) is 17.7 Å². The van der Waals surface area contributed by atoms with Gasteiger partial charge in [0.25, 0.3) is 5.91 Å². The molecule has 0 radical (unpaired) electrons. The summed E-state index contributed by atoms with van der Waals surface area (Å²) in [5, 5.41) is 10.0. The quantitative estimate of drug-likeness (QED) is 0.875. The lowest BCUT2D eigenvalue weighted by atomic mass is 9.96. The molecule has 1 saturated heterocycles. The minimum Gasteiger partial charge on any atom is -0.338 e. The van der Waals surface area contributed by atoms with Crippen LogP contribution in [0.2, 0.25) is 10.0 Å². The van der Waals surface area contributed by atoms with Crippen molar-refractivity contribution in [2.75, 3.05) is 18.4 Å². The van der Waals surface area contributed by atoms with Crippen molar-refractivity contribution in [1.29, 1.82) is 0 Å². The molecule has 2 N–H and O–H groups in total. The lowest BCUT2D eigenvalue weighted by molar-refractivity contribution is -0.121. The van der Waals surface area contributed by atoms with Crippen LogP contribution in [-0.2, 0) is 4.79 Å². The van der Waals surface area contributed by atoms with Crippen molar-refractivity contribution < 1.29 is 9.59 Å². The average molecular weight is 367 g/mol. The summed E-state index contributed by atoms with van der Waals surface area (Å²) in [4.78, 5) is 26.6. The number of rotatable bonds is 3. The van der Waals surface area contributed by atoms with E-state index in [0.29, 0.717) is 34.5 Å². The third-order valence-electron chi connectivity index (χ3n) is 4.00. The number of hydrogen-bond acceptors (Lipinski definition) is 3. The summed E-state index contributed by atoms with van der Waals surface area (Å²) < 4.78 is 0. The van der Waals surface area contributed by atoms with Gasteiger partial charge in [-0.15, -0.1) is 0 Å². The maximum absolute atomic E-state index is 12.6. The second-order valence-electron chi connectivity index (χ2n) is 5.68. The van der Waals surface area contributed by atoms with Crippen LogP contribution in [0.5, 0.6) is 0 Å². The Morgan fingerprint density at radius 1 is 1.25 bits per heavy atom. The van der Waals surface area contributed by atoms with Gasteiger partial charge in [0, 0.05) is 24.7 Å². The van der Waals surface area contributed by atoms with Crippen LogP contribution in [0.1, 0.15) is 23.2 Å². The Balaban J connectivity index is 1.67. The largest absolute Gasteiger partial charge is 0.338 e. The van der Waals surface area contributed by atoms with Crippen molar-refractivity contribution in [2.24, 2.45) is 5.92 Å². The smallest absolute Gasteiger partial charge is 0.253 e. The number of H-pyrrole nitrogens is 1. The number of aromatic amines is 1. The van der Waals surface area contributed by atoms with E-state index in [1.807, 2.05) is 0 Å². The normalized spacial score (nSPS) is 17.6. The number of piperidine rings is 1. The zero-order chi connectivity index (χ0) is 17.1. The van der Waals surface area contributed by atoms with E-state index in [0.717, 1.165) is 12.8 Å². The summed E-state index contributed by atoms with van der Waals surface area (Å²) in [5.41, 5.74) is 0.471. The number of aromatic nitrogens is 2. The molecule has 1 fully saturated rings. The molecule has 2 heterocycles. The van der Waals surface area contributed by atoms with Crippen LogP contribution in [0.15, 0.2) is 30.5 Å². The van der Waals surface area contributed by atoms with Gasteiger partial charge < -0.3 is 10.2 Å². The summed E-state index contributed by atoms with van der Waals surface area (Å²) in [6.07, 6.45) is 3.08. The van der Waals surface area contributed by atoms with Gasteiger partial charge in [0.1, 0.15) is 5.82 Å². The number of carbonyl (C=O) groups is 2. The van der Waals surface area contributed by atoms with Gasteiger partial charge in [-0.3, -0.25) is 14.7 Å². The number of likely N-dealkylation sites (tertiary alicyclic amines) is 1. The molecule has 24 heavy (non-hydrogen) atoms. The van der Waals surface area contributed by atoms with Gasteiger partial charge in [0.05, 0.1) is 22.2 Å². The number of nitrogens with zero attached hydrogens (tertiary/aromatic N) is 2. The predicted octanol–water partition coefficient (Wildman–Crippen LogP) is 3.21. The Labute approximate surface area is 149 Å². The van der Waals surface area contributed by atoms with E-state index in [9.17, 15) is 9.59 Å². The third kappa shape index (κ3) is 3.71. The van der Waals surface area contributed by atoms with Gasteiger partial charge in [-0.2, -0.15) is 5.10 Å². The fourth-order valence-corrected chi connectivity index (χ4v) is 3.05. The first-order valence-corrected chi connectivity index (χ1v) is 8.35. The molecule has 2 aromatic rings. The zero-order valence-electron chi connectivity index (χ0n) is 12.8. The summed E-state index contributed by atoms with van der Waals surface area (Å²) in [7, 11) is 0. The van der Waals surface area contributed by atoms with E-state index in [1.165, 1.54) is 0 Å². The Morgan fingerprint density at radius 2 is 2.08 bits per heavy atom. The Kier molecular flexibility index (Phi) is 5.06. The van der Waals surface area contributed by atoms with Crippen LogP contribution in [0.4, 0.5) is 5.82 Å². The molecular weight excluding hydrogens is 351 g/mol. The molecule has 1 atom stereocenters. The molecule has 1 aromatic heterocycles. The SMILES string of the molecule is O=C(Nc1ccn[nH]1)C1CCCN(C(=O)c2ccc(Cl)c(Cl)c2)C1. The lowest BCUT2D eigenvalue weighted by Gasteiger charge is -2.32. The van der Waals surface area contributed by atoms with Crippen LogP contribution in [0, 0.1) is 5.92 Å². The van der Waals surface area contributed by atoms with E-state index in [2.05, 4.69) is 15.5 Å². The molecular formula is C16H16Cl2N4O2. The first-order chi connectivity index (χ1) is 11.5. The van der Waals surface area contributed by atoms with E-state index in [1.54, 1.807) is 35.4 Å². The Bertz CT molecular complexity index is 749. The molecule has 2 amide bonds. The Hall–Kier alpha value is -2.05. The highest BCUT2D eigenvalue weighted by molar-refractivity contribution is 6.42. The summed E-state index contributed by atoms with van der Waals surface area (Å²) >= 11 is 11.9. The first kappa shape index (κ1) is 16.8. The van der Waals surface area contributed by atoms with Gasteiger partial charge in [-0.05, 0) is 31.0 Å². The number of anilines is 1. The molecule has 1 aliphatic rings. The standard InChI is InChI=1S/C16H16Cl2N4O2/c17-12-4-3-10(8-13(12)18)16(24)22-7-1-2-11(9-22)15(23)20-14-5-6-19-21-14/h3-6,8,11H,1-2,7,9H2,(H2,19,20,21,23). The molecule has 3 rings (SSSR count). The highest BCUT2D eigenvalue weighted by Crippen LogP contribution is 2.25. The van der Waals surface area contributed by atoms with Gasteiger partial charge in [-0.1, -0.05) is 23.2 Å². The fourth-order valence-electron chi connectivity index (χ4n) is 2.75. The summed E-state index contributed by atoms with van der Waals surface area (Å²) in [6, 6.07) is 6.48. The topological polar surface area (TPSA) is 78.1 Å². The number of amides is 2. The van der Waals surface area contributed by atoms with Gasteiger partial charge in [-0.25, -0.2) is 0 Å². The molecule has 8 heteroatoms. The van der Waals surface area contributed by atoms with Crippen molar-refractivity contribution in [3.05, 3.63) is 46.1 Å². The minimum atomic E-state index is -0.256. The summed E-state index contributed by atoms with van der Waals surface area (Å²) in [6.45, 7) is 0.992. The third-order valence-corrected chi connectivity index (χ3v) is 4.74.